The maximum absolute atomic E-state index is 12.7. The molecule has 2 aromatic carbocycles. The van der Waals surface area contributed by atoms with Crippen molar-refractivity contribution < 1.29 is 13.2 Å². The third-order valence-electron chi connectivity index (χ3n) is 3.56. The summed E-state index contributed by atoms with van der Waals surface area (Å²) < 4.78 is 26.5. The van der Waals surface area contributed by atoms with Crippen molar-refractivity contribution in [1.29, 1.82) is 0 Å². The van der Waals surface area contributed by atoms with Gasteiger partial charge in [0.1, 0.15) is 0 Å². The number of halogens is 2. The predicted octanol–water partition coefficient (Wildman–Crippen LogP) is 3.95. The van der Waals surface area contributed by atoms with Crippen molar-refractivity contribution in [3.05, 3.63) is 58.1 Å². The minimum Gasteiger partial charge on any atom is -0.322 e. The molecule has 2 aromatic rings. The highest BCUT2D eigenvalue weighted by Gasteiger charge is 2.25. The van der Waals surface area contributed by atoms with Gasteiger partial charge in [0.2, 0.25) is 15.9 Å². The summed E-state index contributed by atoms with van der Waals surface area (Å²) in [5, 5.41) is 3.13. The quantitative estimate of drug-likeness (QED) is 0.797. The second-order valence-corrected chi connectivity index (χ2v) is 8.14. The number of nitrogens with zero attached hydrogens (tertiary/aromatic N) is 1. The van der Waals surface area contributed by atoms with Crippen LogP contribution in [0, 0.1) is 6.92 Å². The van der Waals surface area contributed by atoms with Gasteiger partial charge in [-0.1, -0.05) is 53.9 Å². The standard InChI is InChI=1S/C17H18Cl2N2O3S/c1-3-21(25(23,24)13-9-7-12(2)8-10-13)11-16(22)20-17-14(18)5-4-6-15(17)19/h4-10H,3,11H2,1-2H3,(H,20,22). The van der Waals surface area contributed by atoms with E-state index in [-0.39, 0.29) is 33.7 Å². The summed E-state index contributed by atoms with van der Waals surface area (Å²) >= 11 is 12.0. The Morgan fingerprint density at radius 2 is 1.64 bits per heavy atom. The third kappa shape index (κ3) is 4.73. The van der Waals surface area contributed by atoms with E-state index in [0.29, 0.717) is 0 Å². The molecule has 0 heterocycles. The lowest BCUT2D eigenvalue weighted by atomic mass is 10.2. The molecule has 0 atom stereocenters. The molecule has 25 heavy (non-hydrogen) atoms. The number of carbonyl (C=O) groups excluding carboxylic acids is 1. The van der Waals surface area contributed by atoms with Crippen LogP contribution < -0.4 is 5.32 Å². The van der Waals surface area contributed by atoms with Crippen molar-refractivity contribution in [1.82, 2.24) is 4.31 Å². The van der Waals surface area contributed by atoms with Crippen LogP contribution in [0.15, 0.2) is 47.4 Å². The maximum Gasteiger partial charge on any atom is 0.243 e. The topological polar surface area (TPSA) is 66.5 Å². The SMILES string of the molecule is CCN(CC(=O)Nc1c(Cl)cccc1Cl)S(=O)(=O)c1ccc(C)cc1. The number of para-hydroxylation sites is 1. The third-order valence-corrected chi connectivity index (χ3v) is 6.12. The van der Waals surface area contributed by atoms with Gasteiger partial charge in [-0.15, -0.1) is 0 Å². The van der Waals surface area contributed by atoms with Crippen LogP contribution in [-0.2, 0) is 14.8 Å². The van der Waals surface area contributed by atoms with Crippen LogP contribution in [-0.4, -0.2) is 31.7 Å². The molecule has 0 radical (unpaired) electrons. The smallest absolute Gasteiger partial charge is 0.243 e. The minimum atomic E-state index is -3.77. The molecule has 0 saturated carbocycles. The highest BCUT2D eigenvalue weighted by molar-refractivity contribution is 7.89. The summed E-state index contributed by atoms with van der Waals surface area (Å²) in [5.74, 6) is -0.521. The number of rotatable bonds is 6. The highest BCUT2D eigenvalue weighted by Crippen LogP contribution is 2.29. The highest BCUT2D eigenvalue weighted by atomic mass is 35.5. The van der Waals surface area contributed by atoms with Gasteiger partial charge < -0.3 is 5.32 Å². The average Bonchev–Trinajstić information content (AvgIpc) is 2.56. The Kier molecular flexibility index (Phi) is 6.46. The Bertz CT molecular complexity index is 848. The van der Waals surface area contributed by atoms with Gasteiger partial charge in [0, 0.05) is 6.54 Å². The fraction of sp³-hybridized carbons (Fsp3) is 0.235. The molecule has 8 heteroatoms. The first-order valence-electron chi connectivity index (χ1n) is 7.56. The molecule has 5 nitrogen and oxygen atoms in total. The second-order valence-electron chi connectivity index (χ2n) is 5.39. The van der Waals surface area contributed by atoms with Gasteiger partial charge in [0.15, 0.2) is 0 Å². The number of nitrogens with one attached hydrogen (secondary N) is 1. The molecule has 1 amide bonds. The van der Waals surface area contributed by atoms with Gasteiger partial charge in [-0.2, -0.15) is 4.31 Å². The van der Waals surface area contributed by atoms with Crippen molar-refractivity contribution in [2.24, 2.45) is 0 Å². The van der Waals surface area contributed by atoms with Gasteiger partial charge in [0.05, 0.1) is 27.2 Å². The molecule has 1 N–H and O–H groups in total. The fourth-order valence-corrected chi connectivity index (χ4v) is 4.08. The number of hydrogen-bond donors (Lipinski definition) is 1. The Morgan fingerprint density at radius 3 is 2.16 bits per heavy atom. The van der Waals surface area contributed by atoms with Crippen LogP contribution in [0.2, 0.25) is 10.0 Å². The van der Waals surface area contributed by atoms with E-state index in [1.807, 2.05) is 6.92 Å². The van der Waals surface area contributed by atoms with Crippen molar-refractivity contribution in [3.63, 3.8) is 0 Å². The van der Waals surface area contributed by atoms with E-state index in [0.717, 1.165) is 9.87 Å². The van der Waals surface area contributed by atoms with E-state index in [4.69, 9.17) is 23.2 Å². The average molecular weight is 401 g/mol. The monoisotopic (exact) mass is 400 g/mol. The summed E-state index contributed by atoms with van der Waals surface area (Å²) in [6.45, 7) is 3.35. The predicted molar refractivity (Wildman–Crippen MR) is 101 cm³/mol. The van der Waals surface area contributed by atoms with Crippen LogP contribution in [0.25, 0.3) is 0 Å². The van der Waals surface area contributed by atoms with E-state index in [1.165, 1.54) is 12.1 Å². The summed E-state index contributed by atoms with van der Waals surface area (Å²) in [4.78, 5) is 12.4. The Balaban J connectivity index is 2.18. The molecule has 0 aliphatic carbocycles. The zero-order valence-corrected chi connectivity index (χ0v) is 16.1. The molecule has 0 aromatic heterocycles. The molecule has 0 aliphatic rings. The second kappa shape index (κ2) is 8.19. The van der Waals surface area contributed by atoms with Crippen LogP contribution in [0.5, 0.6) is 0 Å². The molecule has 134 valence electrons. The summed E-state index contributed by atoms with van der Waals surface area (Å²) in [5.41, 5.74) is 1.22. The molecule has 2 rings (SSSR count). The molecule has 0 saturated heterocycles. The summed E-state index contributed by atoms with van der Waals surface area (Å²) in [6.07, 6.45) is 0. The number of carbonyl (C=O) groups is 1. The van der Waals surface area contributed by atoms with Gasteiger partial charge in [-0.25, -0.2) is 8.42 Å². The molecular weight excluding hydrogens is 383 g/mol. The zero-order valence-electron chi connectivity index (χ0n) is 13.8. The molecule has 0 aliphatic heterocycles. The number of likely N-dealkylation sites (N-methyl/N-ethyl adjacent to an activating group) is 1. The number of amides is 1. The van der Waals surface area contributed by atoms with Gasteiger partial charge >= 0.3 is 0 Å². The molecule has 0 bridgehead atoms. The Morgan fingerprint density at radius 1 is 1.08 bits per heavy atom. The maximum atomic E-state index is 12.7. The number of benzene rings is 2. The Labute approximate surface area is 157 Å². The fourth-order valence-electron chi connectivity index (χ4n) is 2.18. The molecule has 0 spiro atoms. The van der Waals surface area contributed by atoms with E-state index in [1.54, 1.807) is 37.3 Å². The first-order valence-corrected chi connectivity index (χ1v) is 9.76. The van der Waals surface area contributed by atoms with Gasteiger partial charge in [-0.05, 0) is 31.2 Å². The number of hydrogen-bond acceptors (Lipinski definition) is 3. The van der Waals surface area contributed by atoms with Crippen LogP contribution in [0.3, 0.4) is 0 Å². The summed E-state index contributed by atoms with van der Waals surface area (Å²) in [7, 11) is -3.77. The van der Waals surface area contributed by atoms with Crippen LogP contribution in [0.4, 0.5) is 5.69 Å². The number of sulfonamides is 1. The lowest BCUT2D eigenvalue weighted by molar-refractivity contribution is -0.116. The first-order chi connectivity index (χ1) is 11.8. The van der Waals surface area contributed by atoms with Crippen molar-refractivity contribution in [2.45, 2.75) is 18.7 Å². The lowest BCUT2D eigenvalue weighted by Gasteiger charge is -2.20. The normalized spacial score (nSPS) is 11.6. The summed E-state index contributed by atoms with van der Waals surface area (Å²) in [6, 6.07) is 11.3. The largest absolute Gasteiger partial charge is 0.322 e. The van der Waals surface area contributed by atoms with E-state index in [2.05, 4.69) is 5.32 Å². The van der Waals surface area contributed by atoms with Crippen molar-refractivity contribution in [2.75, 3.05) is 18.4 Å². The van der Waals surface area contributed by atoms with E-state index in [9.17, 15) is 13.2 Å². The van der Waals surface area contributed by atoms with Gasteiger partial charge in [-0.3, -0.25) is 4.79 Å². The first kappa shape index (κ1) is 19.7. The lowest BCUT2D eigenvalue weighted by Crippen LogP contribution is -2.37. The molecular formula is C17H18Cl2N2O3S. The minimum absolute atomic E-state index is 0.142. The van der Waals surface area contributed by atoms with E-state index >= 15 is 0 Å². The number of aryl methyl sites for hydroxylation is 1. The Hall–Kier alpha value is -1.60. The van der Waals surface area contributed by atoms with E-state index < -0.39 is 15.9 Å². The molecule has 0 fully saturated rings. The molecule has 0 unspecified atom stereocenters. The van der Waals surface area contributed by atoms with Gasteiger partial charge in [0.25, 0.3) is 0 Å². The zero-order chi connectivity index (χ0) is 18.6. The van der Waals surface area contributed by atoms with Crippen LogP contribution in [0.1, 0.15) is 12.5 Å². The van der Waals surface area contributed by atoms with Crippen molar-refractivity contribution in [3.8, 4) is 0 Å². The van der Waals surface area contributed by atoms with Crippen LogP contribution >= 0.6 is 23.2 Å². The van der Waals surface area contributed by atoms with Crippen molar-refractivity contribution >= 4 is 44.8 Å². The number of anilines is 1.